The van der Waals surface area contributed by atoms with Crippen LogP contribution in [0.3, 0.4) is 0 Å². The Morgan fingerprint density at radius 1 is 1.50 bits per heavy atom. The van der Waals surface area contributed by atoms with Gasteiger partial charge < -0.3 is 10.8 Å². The molecule has 18 heavy (non-hydrogen) atoms. The molecule has 2 rings (SSSR count). The van der Waals surface area contributed by atoms with Crippen LogP contribution in [0.5, 0.6) is 0 Å². The van der Waals surface area contributed by atoms with Gasteiger partial charge in [0.15, 0.2) is 0 Å². The highest BCUT2D eigenvalue weighted by molar-refractivity contribution is 6.06. The Morgan fingerprint density at radius 3 is 2.39 bits per heavy atom. The number of carboxylic acid groups (broad SMARTS) is 1. The minimum absolute atomic E-state index is 0.117. The van der Waals surface area contributed by atoms with Crippen molar-refractivity contribution in [1.29, 1.82) is 0 Å². The van der Waals surface area contributed by atoms with Gasteiger partial charge in [0.1, 0.15) is 5.54 Å². The molecule has 1 atom stereocenters. The Kier molecular flexibility index (Phi) is 2.73. The van der Waals surface area contributed by atoms with E-state index in [2.05, 4.69) is 0 Å². The predicted octanol–water partition coefficient (Wildman–Crippen LogP) is -0.0364. The molecule has 0 spiro atoms. The van der Waals surface area contributed by atoms with Crippen molar-refractivity contribution >= 4 is 17.8 Å². The summed E-state index contributed by atoms with van der Waals surface area (Å²) in [5.41, 5.74) is 3.65. The van der Waals surface area contributed by atoms with Crippen LogP contribution in [0.25, 0.3) is 0 Å². The van der Waals surface area contributed by atoms with Crippen LogP contribution in [-0.4, -0.2) is 39.9 Å². The number of carbonyl (C=O) groups is 3. The molecule has 1 unspecified atom stereocenters. The first kappa shape index (κ1) is 13.0. The lowest BCUT2D eigenvalue weighted by Gasteiger charge is -2.29. The number of rotatable bonds is 4. The number of nitrogens with zero attached hydrogens (tertiary/aromatic N) is 1. The van der Waals surface area contributed by atoms with Gasteiger partial charge in [-0.15, -0.1) is 0 Å². The number of carboxylic acids is 1. The largest absolute Gasteiger partial charge is 0.480 e. The fourth-order valence-corrected chi connectivity index (χ4v) is 2.42. The third kappa shape index (κ3) is 1.90. The van der Waals surface area contributed by atoms with Gasteiger partial charge in [0, 0.05) is 6.42 Å². The molecule has 0 aromatic rings. The van der Waals surface area contributed by atoms with Crippen molar-refractivity contribution in [3.05, 3.63) is 0 Å². The molecule has 2 fully saturated rings. The molecule has 0 aromatic carbocycles. The average molecular weight is 254 g/mol. The summed E-state index contributed by atoms with van der Waals surface area (Å²) in [5, 5.41) is 9.23. The number of aliphatic carboxylic acids is 1. The monoisotopic (exact) mass is 254 g/mol. The first-order valence-electron chi connectivity index (χ1n) is 6.05. The summed E-state index contributed by atoms with van der Waals surface area (Å²) in [6.45, 7) is 3.15. The second-order valence-electron chi connectivity index (χ2n) is 5.97. The van der Waals surface area contributed by atoms with Crippen LogP contribution in [0.4, 0.5) is 0 Å². The van der Waals surface area contributed by atoms with Crippen LogP contribution in [0, 0.1) is 11.3 Å². The Hall–Kier alpha value is -1.43. The summed E-state index contributed by atoms with van der Waals surface area (Å²) in [7, 11) is 0. The summed E-state index contributed by atoms with van der Waals surface area (Å²) in [4.78, 5) is 36.1. The molecule has 0 radical (unpaired) electrons. The molecule has 6 heteroatoms. The van der Waals surface area contributed by atoms with Gasteiger partial charge in [-0.25, -0.2) is 0 Å². The maximum atomic E-state index is 12.0. The molecule has 1 aliphatic heterocycles. The molecule has 100 valence electrons. The highest BCUT2D eigenvalue weighted by atomic mass is 16.4. The van der Waals surface area contributed by atoms with Crippen molar-refractivity contribution in [2.24, 2.45) is 17.1 Å². The summed E-state index contributed by atoms with van der Waals surface area (Å²) in [5.74, 6) is -1.94. The van der Waals surface area contributed by atoms with E-state index in [4.69, 9.17) is 5.73 Å². The molecule has 2 amide bonds. The van der Waals surface area contributed by atoms with E-state index in [-0.39, 0.29) is 30.7 Å². The number of imide groups is 1. The minimum atomic E-state index is -1.49. The van der Waals surface area contributed by atoms with Crippen molar-refractivity contribution < 1.29 is 19.5 Å². The van der Waals surface area contributed by atoms with Crippen LogP contribution in [0.15, 0.2) is 0 Å². The number of hydrogen-bond acceptors (Lipinski definition) is 4. The Bertz CT molecular complexity index is 428. The van der Waals surface area contributed by atoms with Crippen molar-refractivity contribution in [2.45, 2.75) is 38.6 Å². The summed E-state index contributed by atoms with van der Waals surface area (Å²) >= 11 is 0. The zero-order chi connectivity index (χ0) is 13.7. The Morgan fingerprint density at radius 2 is 2.06 bits per heavy atom. The number of hydrogen-bond donors (Lipinski definition) is 2. The lowest BCUT2D eigenvalue weighted by atomic mass is 9.91. The molecule has 1 saturated carbocycles. The maximum Gasteiger partial charge on any atom is 0.325 e. The quantitative estimate of drug-likeness (QED) is 0.686. The summed E-state index contributed by atoms with van der Waals surface area (Å²) in [6.07, 6.45) is 1.59. The molecular weight excluding hydrogens is 236 g/mol. The third-order valence-electron chi connectivity index (χ3n) is 3.84. The van der Waals surface area contributed by atoms with Gasteiger partial charge in [-0.1, -0.05) is 13.8 Å². The highest BCUT2D eigenvalue weighted by Gasteiger charge is 2.54. The maximum absolute atomic E-state index is 12.0. The number of likely N-dealkylation sites (tertiary alicyclic amines) is 1. The Balaban J connectivity index is 2.20. The van der Waals surface area contributed by atoms with E-state index >= 15 is 0 Å². The van der Waals surface area contributed by atoms with Crippen LogP contribution in [0.2, 0.25) is 0 Å². The summed E-state index contributed by atoms with van der Waals surface area (Å²) < 4.78 is 0. The van der Waals surface area contributed by atoms with Gasteiger partial charge in [-0.2, -0.15) is 0 Å². The smallest absolute Gasteiger partial charge is 0.325 e. The molecule has 2 aliphatic rings. The minimum Gasteiger partial charge on any atom is -0.480 e. The molecule has 0 aromatic heterocycles. The van der Waals surface area contributed by atoms with Crippen molar-refractivity contribution in [1.82, 2.24) is 4.90 Å². The van der Waals surface area contributed by atoms with Gasteiger partial charge >= 0.3 is 5.97 Å². The molecular formula is C12H18N2O4. The molecule has 6 nitrogen and oxygen atoms in total. The van der Waals surface area contributed by atoms with Crippen LogP contribution < -0.4 is 5.73 Å². The zero-order valence-corrected chi connectivity index (χ0v) is 10.6. The van der Waals surface area contributed by atoms with Crippen molar-refractivity contribution in [3.63, 3.8) is 0 Å². The van der Waals surface area contributed by atoms with E-state index in [0.29, 0.717) is 0 Å². The van der Waals surface area contributed by atoms with Gasteiger partial charge in [0.05, 0.1) is 12.0 Å². The topological polar surface area (TPSA) is 101 Å². The normalized spacial score (nSPS) is 26.3. The fraction of sp³-hybridized carbons (Fsp3) is 0.750. The van der Waals surface area contributed by atoms with Gasteiger partial charge in [-0.05, 0) is 18.8 Å². The standard InChI is InChI=1S/C12H18N2O4/c1-11(2)5-8(15)14(9(11)16)6-12(13,10(17)18)7-3-4-7/h7H,3-6,13H2,1-2H3,(H,17,18). The first-order chi connectivity index (χ1) is 8.18. The average Bonchev–Trinajstić information content (AvgIpc) is 3.04. The van der Waals surface area contributed by atoms with E-state index in [1.54, 1.807) is 13.8 Å². The van der Waals surface area contributed by atoms with E-state index in [0.717, 1.165) is 17.7 Å². The number of carbonyl (C=O) groups excluding carboxylic acids is 2. The number of amides is 2. The second kappa shape index (κ2) is 3.78. The Labute approximate surface area is 105 Å². The van der Waals surface area contributed by atoms with Crippen LogP contribution in [0.1, 0.15) is 33.1 Å². The molecule has 1 heterocycles. The van der Waals surface area contributed by atoms with Crippen LogP contribution >= 0.6 is 0 Å². The van der Waals surface area contributed by atoms with E-state index < -0.39 is 16.9 Å². The molecule has 1 saturated heterocycles. The highest BCUT2D eigenvalue weighted by Crippen LogP contribution is 2.41. The molecule has 1 aliphatic carbocycles. The lowest BCUT2D eigenvalue weighted by Crippen LogP contribution is -2.59. The van der Waals surface area contributed by atoms with Gasteiger partial charge in [0.2, 0.25) is 11.8 Å². The zero-order valence-electron chi connectivity index (χ0n) is 10.6. The third-order valence-corrected chi connectivity index (χ3v) is 3.84. The van der Waals surface area contributed by atoms with Crippen LogP contribution in [-0.2, 0) is 14.4 Å². The molecule has 0 bridgehead atoms. The van der Waals surface area contributed by atoms with E-state index in [9.17, 15) is 19.5 Å². The van der Waals surface area contributed by atoms with Gasteiger partial charge in [-0.3, -0.25) is 19.3 Å². The fourth-order valence-electron chi connectivity index (χ4n) is 2.42. The SMILES string of the molecule is CC1(C)CC(=O)N(CC(N)(C(=O)O)C2CC2)C1=O. The molecule has 3 N–H and O–H groups in total. The van der Waals surface area contributed by atoms with E-state index in [1.165, 1.54) is 0 Å². The first-order valence-corrected chi connectivity index (χ1v) is 6.05. The van der Waals surface area contributed by atoms with Crippen molar-refractivity contribution in [2.75, 3.05) is 6.54 Å². The number of nitrogens with two attached hydrogens (primary N) is 1. The lowest BCUT2D eigenvalue weighted by molar-refractivity contribution is -0.148. The predicted molar refractivity (Wildman–Crippen MR) is 62.4 cm³/mol. The summed E-state index contributed by atoms with van der Waals surface area (Å²) in [6, 6.07) is 0. The van der Waals surface area contributed by atoms with Gasteiger partial charge in [0.25, 0.3) is 0 Å². The van der Waals surface area contributed by atoms with E-state index in [1.807, 2.05) is 0 Å². The second-order valence-corrected chi connectivity index (χ2v) is 5.97. The van der Waals surface area contributed by atoms with Crippen molar-refractivity contribution in [3.8, 4) is 0 Å².